The third-order valence-corrected chi connectivity index (χ3v) is 2.30. The van der Waals surface area contributed by atoms with E-state index in [2.05, 4.69) is 22.3 Å². The van der Waals surface area contributed by atoms with Gasteiger partial charge in [0.05, 0.1) is 7.05 Å². The molecule has 0 unspecified atom stereocenters. The van der Waals surface area contributed by atoms with Crippen LogP contribution in [0.2, 0.25) is 0 Å². The molecule has 0 spiro atoms. The molecule has 5 nitrogen and oxygen atoms in total. The van der Waals surface area contributed by atoms with E-state index in [9.17, 15) is 5.11 Å². The maximum Gasteiger partial charge on any atom is 0.206 e. The molecule has 1 aliphatic carbocycles. The Hall–Kier alpha value is -0.970. The summed E-state index contributed by atoms with van der Waals surface area (Å²) in [6.45, 7) is 2.10. The quantitative estimate of drug-likeness (QED) is 0.632. The molecule has 1 saturated carbocycles. The molecule has 0 atom stereocenters. The molecule has 0 amide bonds. The summed E-state index contributed by atoms with van der Waals surface area (Å²) >= 11 is 0. The minimum atomic E-state index is -0.798. The Balaban J connectivity index is 2.20. The Morgan fingerprint density at radius 2 is 2.25 bits per heavy atom. The Morgan fingerprint density at radius 1 is 1.58 bits per heavy atom. The number of nitrogens with zero attached hydrogens (tertiary/aromatic N) is 4. The SMILES string of the molecule is CC1CC(O)(c2nnn(C)n2)C1. The van der Waals surface area contributed by atoms with Crippen LogP contribution in [0.25, 0.3) is 0 Å². The van der Waals surface area contributed by atoms with E-state index in [4.69, 9.17) is 0 Å². The fourth-order valence-corrected chi connectivity index (χ4v) is 1.75. The summed E-state index contributed by atoms with van der Waals surface area (Å²) in [6.07, 6.45) is 1.50. The van der Waals surface area contributed by atoms with E-state index < -0.39 is 5.60 Å². The first-order valence-electron chi connectivity index (χ1n) is 4.07. The summed E-state index contributed by atoms with van der Waals surface area (Å²) < 4.78 is 0. The van der Waals surface area contributed by atoms with E-state index in [1.54, 1.807) is 7.05 Å². The van der Waals surface area contributed by atoms with Crippen LogP contribution in [0.5, 0.6) is 0 Å². The van der Waals surface area contributed by atoms with Gasteiger partial charge in [-0.2, -0.15) is 4.80 Å². The number of hydrogen-bond acceptors (Lipinski definition) is 4. The molecule has 1 aromatic rings. The number of aliphatic hydroxyl groups is 1. The number of tetrazole rings is 1. The van der Waals surface area contributed by atoms with Gasteiger partial charge in [0.15, 0.2) is 0 Å². The Bertz CT molecular complexity index is 289. The van der Waals surface area contributed by atoms with Crippen molar-refractivity contribution in [2.24, 2.45) is 13.0 Å². The smallest absolute Gasteiger partial charge is 0.206 e. The highest BCUT2D eigenvalue weighted by Crippen LogP contribution is 2.43. The molecule has 2 rings (SSSR count). The lowest BCUT2D eigenvalue weighted by molar-refractivity contribution is -0.0811. The summed E-state index contributed by atoms with van der Waals surface area (Å²) in [5.74, 6) is 1.03. The lowest BCUT2D eigenvalue weighted by atomic mass is 9.71. The summed E-state index contributed by atoms with van der Waals surface area (Å²) in [6, 6.07) is 0. The van der Waals surface area contributed by atoms with E-state index in [-0.39, 0.29) is 0 Å². The Morgan fingerprint density at radius 3 is 2.67 bits per heavy atom. The van der Waals surface area contributed by atoms with Gasteiger partial charge in [-0.05, 0) is 24.0 Å². The standard InChI is InChI=1S/C7H12N4O/c1-5-3-7(12,4-5)6-8-10-11(2)9-6/h5,12H,3-4H2,1-2H3. The highest BCUT2D eigenvalue weighted by atomic mass is 16.3. The monoisotopic (exact) mass is 168 g/mol. The number of aryl methyl sites for hydroxylation is 1. The van der Waals surface area contributed by atoms with Gasteiger partial charge in [0.1, 0.15) is 5.60 Å². The molecular formula is C7H12N4O. The Labute approximate surface area is 70.4 Å². The van der Waals surface area contributed by atoms with Crippen molar-refractivity contribution in [3.63, 3.8) is 0 Å². The first-order valence-corrected chi connectivity index (χ1v) is 4.07. The molecular weight excluding hydrogens is 156 g/mol. The predicted molar refractivity (Wildman–Crippen MR) is 41.1 cm³/mol. The third-order valence-electron chi connectivity index (χ3n) is 2.30. The second-order valence-corrected chi connectivity index (χ2v) is 3.65. The summed E-state index contributed by atoms with van der Waals surface area (Å²) in [5, 5.41) is 21.4. The average Bonchev–Trinajstić information content (AvgIpc) is 2.33. The maximum absolute atomic E-state index is 9.89. The van der Waals surface area contributed by atoms with Crippen LogP contribution in [-0.2, 0) is 12.6 Å². The molecule has 1 heterocycles. The molecule has 0 radical (unpaired) electrons. The number of rotatable bonds is 1. The van der Waals surface area contributed by atoms with Crippen molar-refractivity contribution in [2.45, 2.75) is 25.4 Å². The van der Waals surface area contributed by atoms with Crippen LogP contribution >= 0.6 is 0 Å². The molecule has 1 N–H and O–H groups in total. The Kier molecular flexibility index (Phi) is 1.44. The van der Waals surface area contributed by atoms with Crippen molar-refractivity contribution in [2.75, 3.05) is 0 Å². The second kappa shape index (κ2) is 2.26. The molecule has 66 valence electrons. The maximum atomic E-state index is 9.89. The molecule has 0 saturated heterocycles. The minimum Gasteiger partial charge on any atom is -0.382 e. The average molecular weight is 168 g/mol. The molecule has 0 bridgehead atoms. The topological polar surface area (TPSA) is 63.8 Å². The van der Waals surface area contributed by atoms with E-state index in [1.807, 2.05) is 0 Å². The van der Waals surface area contributed by atoms with Crippen molar-refractivity contribution in [1.82, 2.24) is 20.2 Å². The van der Waals surface area contributed by atoms with Crippen molar-refractivity contribution in [3.8, 4) is 0 Å². The van der Waals surface area contributed by atoms with Gasteiger partial charge in [0.25, 0.3) is 0 Å². The zero-order chi connectivity index (χ0) is 8.77. The largest absolute Gasteiger partial charge is 0.382 e. The first kappa shape index (κ1) is 7.67. The summed E-state index contributed by atoms with van der Waals surface area (Å²) in [4.78, 5) is 1.37. The first-order chi connectivity index (χ1) is 5.60. The highest BCUT2D eigenvalue weighted by Gasteiger charge is 2.45. The van der Waals surface area contributed by atoms with Gasteiger partial charge < -0.3 is 5.11 Å². The molecule has 1 fully saturated rings. The van der Waals surface area contributed by atoms with Crippen molar-refractivity contribution >= 4 is 0 Å². The van der Waals surface area contributed by atoms with Crippen LogP contribution in [-0.4, -0.2) is 25.3 Å². The van der Waals surface area contributed by atoms with E-state index in [0.29, 0.717) is 11.7 Å². The van der Waals surface area contributed by atoms with Gasteiger partial charge >= 0.3 is 0 Å². The van der Waals surface area contributed by atoms with Crippen LogP contribution in [0.1, 0.15) is 25.6 Å². The van der Waals surface area contributed by atoms with Crippen LogP contribution < -0.4 is 0 Å². The van der Waals surface area contributed by atoms with Gasteiger partial charge in [-0.15, -0.1) is 10.2 Å². The van der Waals surface area contributed by atoms with Crippen LogP contribution in [0.15, 0.2) is 0 Å². The predicted octanol–water partition coefficient (Wildman–Crippen LogP) is -0.172. The van der Waals surface area contributed by atoms with Crippen molar-refractivity contribution in [1.29, 1.82) is 0 Å². The van der Waals surface area contributed by atoms with Gasteiger partial charge in [0, 0.05) is 0 Å². The lowest BCUT2D eigenvalue weighted by Gasteiger charge is -2.39. The fraction of sp³-hybridized carbons (Fsp3) is 0.857. The van der Waals surface area contributed by atoms with Crippen molar-refractivity contribution < 1.29 is 5.11 Å². The second-order valence-electron chi connectivity index (χ2n) is 3.65. The van der Waals surface area contributed by atoms with Gasteiger partial charge in [0.2, 0.25) is 5.82 Å². The van der Waals surface area contributed by atoms with Crippen LogP contribution in [0.4, 0.5) is 0 Å². The number of hydrogen-bond donors (Lipinski definition) is 1. The van der Waals surface area contributed by atoms with Crippen LogP contribution in [0.3, 0.4) is 0 Å². The highest BCUT2D eigenvalue weighted by molar-refractivity contribution is 5.05. The van der Waals surface area contributed by atoms with E-state index in [1.165, 1.54) is 4.80 Å². The number of aromatic nitrogens is 4. The minimum absolute atomic E-state index is 0.461. The van der Waals surface area contributed by atoms with E-state index in [0.717, 1.165) is 12.8 Å². The van der Waals surface area contributed by atoms with E-state index >= 15 is 0 Å². The lowest BCUT2D eigenvalue weighted by Crippen LogP contribution is -2.40. The molecule has 12 heavy (non-hydrogen) atoms. The zero-order valence-electron chi connectivity index (χ0n) is 7.23. The van der Waals surface area contributed by atoms with Gasteiger partial charge in [-0.3, -0.25) is 0 Å². The summed E-state index contributed by atoms with van der Waals surface area (Å²) in [7, 11) is 1.70. The molecule has 1 aliphatic rings. The molecule has 0 aromatic carbocycles. The molecule has 0 aliphatic heterocycles. The van der Waals surface area contributed by atoms with Gasteiger partial charge in [-0.25, -0.2) is 0 Å². The zero-order valence-corrected chi connectivity index (χ0v) is 7.23. The normalized spacial score (nSPS) is 34.8. The molecule has 1 aromatic heterocycles. The van der Waals surface area contributed by atoms with Crippen molar-refractivity contribution in [3.05, 3.63) is 5.82 Å². The summed E-state index contributed by atoms with van der Waals surface area (Å²) in [5.41, 5.74) is -0.798. The third kappa shape index (κ3) is 1.01. The fourth-order valence-electron chi connectivity index (χ4n) is 1.75. The molecule has 5 heteroatoms. The van der Waals surface area contributed by atoms with Gasteiger partial charge in [-0.1, -0.05) is 6.92 Å². The van der Waals surface area contributed by atoms with Crippen LogP contribution in [0, 0.1) is 5.92 Å².